The molecule has 6 heteroatoms. The van der Waals surface area contributed by atoms with Gasteiger partial charge >= 0.3 is 0 Å². The van der Waals surface area contributed by atoms with Crippen molar-refractivity contribution in [3.63, 3.8) is 0 Å². The highest BCUT2D eigenvalue weighted by Crippen LogP contribution is 2.44. The Bertz CT molecular complexity index is 745. The molecule has 2 aliphatic rings. The first kappa shape index (κ1) is 17.3. The second kappa shape index (κ2) is 6.39. The average Bonchev–Trinajstić information content (AvgIpc) is 3.07. The second-order valence-corrected chi connectivity index (χ2v) is 9.32. The Labute approximate surface area is 144 Å². The SMILES string of the molecule is Cc1ccc(N(CC(=O)NC2CC3CCC2C3)S(C)(=O)=O)c(C)c1. The van der Waals surface area contributed by atoms with Gasteiger partial charge in [0, 0.05) is 6.04 Å². The van der Waals surface area contributed by atoms with Gasteiger partial charge in [0.1, 0.15) is 6.54 Å². The molecule has 5 nitrogen and oxygen atoms in total. The van der Waals surface area contributed by atoms with Crippen LogP contribution in [0.5, 0.6) is 0 Å². The zero-order valence-electron chi connectivity index (χ0n) is 14.6. The van der Waals surface area contributed by atoms with E-state index in [9.17, 15) is 13.2 Å². The van der Waals surface area contributed by atoms with Gasteiger partial charge in [-0.2, -0.15) is 0 Å². The average molecular weight is 350 g/mol. The first-order valence-corrected chi connectivity index (χ1v) is 10.4. The molecule has 0 aromatic heterocycles. The highest BCUT2D eigenvalue weighted by Gasteiger charge is 2.40. The zero-order chi connectivity index (χ0) is 17.5. The molecular formula is C18H26N2O3S. The molecule has 0 radical (unpaired) electrons. The summed E-state index contributed by atoms with van der Waals surface area (Å²) in [5, 5.41) is 3.07. The van der Waals surface area contributed by atoms with E-state index in [0.29, 0.717) is 11.6 Å². The standard InChI is InChI=1S/C18H26N2O3S/c1-12-4-7-17(13(2)8-12)20(24(3,22)23)11-18(21)19-16-10-14-5-6-15(16)9-14/h4,7-8,14-16H,5-6,9-11H2,1-3H3,(H,19,21). The van der Waals surface area contributed by atoms with E-state index in [4.69, 9.17) is 0 Å². The fourth-order valence-corrected chi connectivity index (χ4v) is 5.18. The number of nitrogens with zero attached hydrogens (tertiary/aromatic N) is 1. The van der Waals surface area contributed by atoms with Crippen LogP contribution < -0.4 is 9.62 Å². The molecule has 1 amide bonds. The quantitative estimate of drug-likeness (QED) is 0.886. The number of sulfonamides is 1. The fourth-order valence-electron chi connectivity index (χ4n) is 4.27. The maximum absolute atomic E-state index is 12.5. The van der Waals surface area contributed by atoms with Crippen molar-refractivity contribution < 1.29 is 13.2 Å². The van der Waals surface area contributed by atoms with Crippen molar-refractivity contribution in [2.45, 2.75) is 45.6 Å². The Morgan fingerprint density at radius 1 is 1.25 bits per heavy atom. The van der Waals surface area contributed by atoms with Crippen LogP contribution in [0, 0.1) is 25.7 Å². The summed E-state index contributed by atoms with van der Waals surface area (Å²) in [5.41, 5.74) is 2.50. The van der Waals surface area contributed by atoms with Gasteiger partial charge in [-0.05, 0) is 56.6 Å². The van der Waals surface area contributed by atoms with E-state index in [1.165, 1.54) is 23.6 Å². The van der Waals surface area contributed by atoms with Crippen LogP contribution in [-0.4, -0.2) is 33.2 Å². The molecule has 0 heterocycles. The number of benzene rings is 1. The maximum atomic E-state index is 12.5. The van der Waals surface area contributed by atoms with Crippen molar-refractivity contribution in [2.24, 2.45) is 11.8 Å². The Hall–Kier alpha value is -1.56. The molecule has 1 N–H and O–H groups in total. The third-order valence-electron chi connectivity index (χ3n) is 5.39. The van der Waals surface area contributed by atoms with E-state index in [1.54, 1.807) is 6.07 Å². The molecule has 1 aromatic carbocycles. The van der Waals surface area contributed by atoms with Crippen LogP contribution in [0.3, 0.4) is 0 Å². The molecule has 3 atom stereocenters. The molecule has 1 aromatic rings. The molecule has 3 rings (SSSR count). The van der Waals surface area contributed by atoms with Crippen molar-refractivity contribution in [1.82, 2.24) is 5.32 Å². The molecule has 0 spiro atoms. The van der Waals surface area contributed by atoms with Gasteiger partial charge in [0.15, 0.2) is 0 Å². The summed E-state index contributed by atoms with van der Waals surface area (Å²) in [6.07, 6.45) is 5.85. The number of nitrogens with one attached hydrogen (secondary N) is 1. The van der Waals surface area contributed by atoms with Gasteiger partial charge in [-0.15, -0.1) is 0 Å². The molecule has 2 aliphatic carbocycles. The van der Waals surface area contributed by atoms with E-state index in [2.05, 4.69) is 5.32 Å². The lowest BCUT2D eigenvalue weighted by Crippen LogP contribution is -2.45. The Balaban J connectivity index is 1.74. The number of carbonyl (C=O) groups excluding carboxylic acids is 1. The predicted octanol–water partition coefficient (Wildman–Crippen LogP) is 2.37. The van der Waals surface area contributed by atoms with Crippen molar-refractivity contribution in [3.05, 3.63) is 29.3 Å². The normalized spacial score (nSPS) is 25.7. The number of fused-ring (bicyclic) bond motifs is 2. The van der Waals surface area contributed by atoms with E-state index in [0.717, 1.165) is 29.7 Å². The minimum Gasteiger partial charge on any atom is -0.352 e. The van der Waals surface area contributed by atoms with Crippen molar-refractivity contribution >= 4 is 21.6 Å². The molecule has 3 unspecified atom stereocenters. The van der Waals surface area contributed by atoms with E-state index < -0.39 is 10.0 Å². The maximum Gasteiger partial charge on any atom is 0.241 e. The van der Waals surface area contributed by atoms with E-state index in [1.807, 2.05) is 26.0 Å². The molecule has 2 saturated carbocycles. The number of hydrogen-bond acceptors (Lipinski definition) is 3. The number of amides is 1. The first-order valence-electron chi connectivity index (χ1n) is 8.58. The first-order chi connectivity index (χ1) is 11.2. The van der Waals surface area contributed by atoms with Crippen LogP contribution in [-0.2, 0) is 14.8 Å². The van der Waals surface area contributed by atoms with Gasteiger partial charge in [0.2, 0.25) is 15.9 Å². The van der Waals surface area contributed by atoms with Crippen LogP contribution in [0.15, 0.2) is 18.2 Å². The van der Waals surface area contributed by atoms with Crippen LogP contribution in [0.25, 0.3) is 0 Å². The zero-order valence-corrected chi connectivity index (χ0v) is 15.4. The molecule has 132 valence electrons. The molecule has 0 aliphatic heterocycles. The number of anilines is 1. The summed E-state index contributed by atoms with van der Waals surface area (Å²) in [7, 11) is -3.52. The highest BCUT2D eigenvalue weighted by atomic mass is 32.2. The lowest BCUT2D eigenvalue weighted by Gasteiger charge is -2.27. The van der Waals surface area contributed by atoms with E-state index >= 15 is 0 Å². The minimum atomic E-state index is -3.52. The molecule has 2 bridgehead atoms. The third kappa shape index (κ3) is 3.58. The van der Waals surface area contributed by atoms with Gasteiger partial charge in [-0.25, -0.2) is 8.42 Å². The summed E-state index contributed by atoms with van der Waals surface area (Å²) in [6, 6.07) is 5.79. The molecule has 0 saturated heterocycles. The largest absolute Gasteiger partial charge is 0.352 e. The van der Waals surface area contributed by atoms with Crippen molar-refractivity contribution in [1.29, 1.82) is 0 Å². The summed E-state index contributed by atoms with van der Waals surface area (Å²) < 4.78 is 25.6. The van der Waals surface area contributed by atoms with Gasteiger partial charge < -0.3 is 5.32 Å². The lowest BCUT2D eigenvalue weighted by molar-refractivity contribution is -0.120. The highest BCUT2D eigenvalue weighted by molar-refractivity contribution is 7.92. The van der Waals surface area contributed by atoms with Crippen molar-refractivity contribution in [2.75, 3.05) is 17.1 Å². The van der Waals surface area contributed by atoms with Gasteiger partial charge in [-0.3, -0.25) is 9.10 Å². The summed E-state index contributed by atoms with van der Waals surface area (Å²) in [5.74, 6) is 1.11. The predicted molar refractivity (Wildman–Crippen MR) is 95.5 cm³/mol. The topological polar surface area (TPSA) is 66.5 Å². The summed E-state index contributed by atoms with van der Waals surface area (Å²) in [4.78, 5) is 12.5. The second-order valence-electron chi connectivity index (χ2n) is 7.41. The molecular weight excluding hydrogens is 324 g/mol. The Morgan fingerprint density at radius 2 is 2.00 bits per heavy atom. The van der Waals surface area contributed by atoms with Gasteiger partial charge in [-0.1, -0.05) is 24.1 Å². The van der Waals surface area contributed by atoms with Crippen LogP contribution in [0.4, 0.5) is 5.69 Å². The Morgan fingerprint density at radius 3 is 2.54 bits per heavy atom. The summed E-state index contributed by atoms with van der Waals surface area (Å²) >= 11 is 0. The fraction of sp³-hybridized carbons (Fsp3) is 0.611. The van der Waals surface area contributed by atoms with E-state index in [-0.39, 0.29) is 18.5 Å². The van der Waals surface area contributed by atoms with Crippen molar-refractivity contribution in [3.8, 4) is 0 Å². The van der Waals surface area contributed by atoms with Crippen LogP contribution in [0.2, 0.25) is 0 Å². The number of carbonyl (C=O) groups is 1. The van der Waals surface area contributed by atoms with Crippen LogP contribution in [0.1, 0.15) is 36.8 Å². The van der Waals surface area contributed by atoms with Gasteiger partial charge in [0.25, 0.3) is 0 Å². The molecule has 24 heavy (non-hydrogen) atoms. The third-order valence-corrected chi connectivity index (χ3v) is 6.52. The minimum absolute atomic E-state index is 0.156. The number of rotatable bonds is 5. The Kier molecular flexibility index (Phi) is 4.60. The number of hydrogen-bond donors (Lipinski definition) is 1. The lowest BCUT2D eigenvalue weighted by atomic mass is 9.95. The number of aryl methyl sites for hydroxylation is 2. The monoisotopic (exact) mass is 350 g/mol. The van der Waals surface area contributed by atoms with Gasteiger partial charge in [0.05, 0.1) is 11.9 Å². The smallest absolute Gasteiger partial charge is 0.241 e. The van der Waals surface area contributed by atoms with Crippen LogP contribution >= 0.6 is 0 Å². The summed E-state index contributed by atoms with van der Waals surface area (Å²) in [6.45, 7) is 3.67. The molecule has 2 fully saturated rings.